The summed E-state index contributed by atoms with van der Waals surface area (Å²) in [5.74, 6) is 2.11. The Kier molecular flexibility index (Phi) is 6.05. The molecule has 23 heavy (non-hydrogen) atoms. The van der Waals surface area contributed by atoms with Crippen molar-refractivity contribution in [3.8, 4) is 0 Å². The predicted octanol–water partition coefficient (Wildman–Crippen LogP) is 4.22. The first kappa shape index (κ1) is 17.3. The number of rotatable bonds is 4. The highest BCUT2D eigenvalue weighted by molar-refractivity contribution is 9.10. The van der Waals surface area contributed by atoms with Crippen LogP contribution in [0.25, 0.3) is 0 Å². The van der Waals surface area contributed by atoms with E-state index in [9.17, 15) is 4.79 Å². The minimum Gasteiger partial charge on any atom is -0.339 e. The predicted molar refractivity (Wildman–Crippen MR) is 99.8 cm³/mol. The van der Waals surface area contributed by atoms with Gasteiger partial charge >= 0.3 is 0 Å². The summed E-state index contributed by atoms with van der Waals surface area (Å²) >= 11 is 5.47. The van der Waals surface area contributed by atoms with Gasteiger partial charge in [0.2, 0.25) is 5.91 Å². The lowest BCUT2D eigenvalue weighted by molar-refractivity contribution is -0.132. The highest BCUT2D eigenvalue weighted by atomic mass is 79.9. The molecule has 0 aromatic heterocycles. The second kappa shape index (κ2) is 8.04. The molecule has 2 aliphatic heterocycles. The fourth-order valence-corrected chi connectivity index (χ4v) is 5.06. The first-order valence-electron chi connectivity index (χ1n) is 8.54. The molecule has 1 aromatic carbocycles. The van der Waals surface area contributed by atoms with Crippen molar-refractivity contribution in [2.24, 2.45) is 5.92 Å². The molecule has 1 amide bonds. The third-order valence-electron chi connectivity index (χ3n) is 5.07. The standard InChI is InChI=1S/C18H25BrN2OS/c1-21(18(22)5-2-13-6-9-20-10-7-13)16-8-11-23-17-4-3-14(19)12-15(16)17/h3-4,12-13,16,20H,2,5-11H2,1H3. The van der Waals surface area contributed by atoms with Crippen LogP contribution in [0.15, 0.2) is 27.6 Å². The van der Waals surface area contributed by atoms with Crippen molar-refractivity contribution in [3.05, 3.63) is 28.2 Å². The Hall–Kier alpha value is -0.520. The Morgan fingerprint density at radius 2 is 2.13 bits per heavy atom. The molecule has 0 spiro atoms. The summed E-state index contributed by atoms with van der Waals surface area (Å²) in [5, 5.41) is 3.39. The zero-order valence-corrected chi connectivity index (χ0v) is 16.1. The van der Waals surface area contributed by atoms with Gasteiger partial charge < -0.3 is 10.2 Å². The summed E-state index contributed by atoms with van der Waals surface area (Å²) < 4.78 is 1.10. The highest BCUT2D eigenvalue weighted by Gasteiger charge is 2.27. The lowest BCUT2D eigenvalue weighted by Crippen LogP contribution is -2.34. The topological polar surface area (TPSA) is 32.3 Å². The number of hydrogen-bond donors (Lipinski definition) is 1. The molecule has 1 atom stereocenters. The first-order valence-corrected chi connectivity index (χ1v) is 10.3. The van der Waals surface area contributed by atoms with Gasteiger partial charge in [-0.2, -0.15) is 0 Å². The second-order valence-electron chi connectivity index (χ2n) is 6.57. The maximum atomic E-state index is 12.7. The zero-order valence-electron chi connectivity index (χ0n) is 13.7. The summed E-state index contributed by atoms with van der Waals surface area (Å²) in [6.07, 6.45) is 5.20. The zero-order chi connectivity index (χ0) is 16.2. The van der Waals surface area contributed by atoms with Gasteiger partial charge in [0.25, 0.3) is 0 Å². The van der Waals surface area contributed by atoms with Crippen LogP contribution in [0.3, 0.4) is 0 Å². The van der Waals surface area contributed by atoms with E-state index in [2.05, 4.69) is 39.4 Å². The van der Waals surface area contributed by atoms with Gasteiger partial charge in [0.05, 0.1) is 6.04 Å². The van der Waals surface area contributed by atoms with Crippen molar-refractivity contribution >= 4 is 33.6 Å². The molecule has 0 bridgehead atoms. The molecule has 1 N–H and O–H groups in total. The highest BCUT2D eigenvalue weighted by Crippen LogP contribution is 2.40. The average Bonchev–Trinajstić information content (AvgIpc) is 2.59. The summed E-state index contributed by atoms with van der Waals surface area (Å²) in [4.78, 5) is 16.0. The van der Waals surface area contributed by atoms with E-state index >= 15 is 0 Å². The molecule has 1 aromatic rings. The summed E-state index contributed by atoms with van der Waals surface area (Å²) in [7, 11) is 1.98. The molecule has 3 rings (SSSR count). The van der Waals surface area contributed by atoms with Gasteiger partial charge in [0, 0.05) is 28.6 Å². The van der Waals surface area contributed by atoms with Crippen molar-refractivity contribution < 1.29 is 4.79 Å². The van der Waals surface area contributed by atoms with Gasteiger partial charge in [-0.25, -0.2) is 0 Å². The number of thioether (sulfide) groups is 1. The minimum absolute atomic E-state index is 0.226. The smallest absolute Gasteiger partial charge is 0.222 e. The van der Waals surface area contributed by atoms with E-state index in [4.69, 9.17) is 0 Å². The van der Waals surface area contributed by atoms with Crippen molar-refractivity contribution in [2.75, 3.05) is 25.9 Å². The van der Waals surface area contributed by atoms with Crippen LogP contribution in [0, 0.1) is 5.92 Å². The minimum atomic E-state index is 0.226. The number of hydrogen-bond acceptors (Lipinski definition) is 3. The fourth-order valence-electron chi connectivity index (χ4n) is 3.60. The molecule has 2 aliphatic rings. The quantitative estimate of drug-likeness (QED) is 0.826. The molecule has 1 saturated heterocycles. The Balaban J connectivity index is 1.62. The van der Waals surface area contributed by atoms with Crippen LogP contribution < -0.4 is 5.32 Å². The van der Waals surface area contributed by atoms with Gasteiger partial charge in [-0.05, 0) is 68.5 Å². The molecule has 0 radical (unpaired) electrons. The number of amides is 1. The molecule has 126 valence electrons. The van der Waals surface area contributed by atoms with E-state index in [-0.39, 0.29) is 6.04 Å². The summed E-state index contributed by atoms with van der Waals surface area (Å²) in [6, 6.07) is 6.67. The Morgan fingerprint density at radius 1 is 1.35 bits per heavy atom. The SMILES string of the molecule is CN(C(=O)CCC1CCNCC1)C1CCSc2ccc(Br)cc21. The number of carbonyl (C=O) groups excluding carboxylic acids is 1. The number of nitrogens with one attached hydrogen (secondary N) is 1. The van der Waals surface area contributed by atoms with Crippen LogP contribution >= 0.6 is 27.7 Å². The summed E-state index contributed by atoms with van der Waals surface area (Å²) in [6.45, 7) is 2.21. The Labute approximate surface area is 151 Å². The van der Waals surface area contributed by atoms with Gasteiger partial charge in [0.15, 0.2) is 0 Å². The molecule has 3 nitrogen and oxygen atoms in total. The lowest BCUT2D eigenvalue weighted by atomic mass is 9.92. The maximum Gasteiger partial charge on any atom is 0.222 e. The number of fused-ring (bicyclic) bond motifs is 1. The van der Waals surface area contributed by atoms with Crippen molar-refractivity contribution in [2.45, 2.75) is 43.0 Å². The van der Waals surface area contributed by atoms with Crippen LogP contribution in [0.1, 0.15) is 43.7 Å². The average molecular weight is 397 g/mol. The largest absolute Gasteiger partial charge is 0.339 e. The fraction of sp³-hybridized carbons (Fsp3) is 0.611. The van der Waals surface area contributed by atoms with Crippen molar-refractivity contribution in [3.63, 3.8) is 0 Å². The molecule has 0 saturated carbocycles. The van der Waals surface area contributed by atoms with E-state index < -0.39 is 0 Å². The molecule has 0 aliphatic carbocycles. The number of halogens is 1. The van der Waals surface area contributed by atoms with Gasteiger partial charge in [0.1, 0.15) is 0 Å². The van der Waals surface area contributed by atoms with Crippen LogP contribution in [0.5, 0.6) is 0 Å². The van der Waals surface area contributed by atoms with Gasteiger partial charge in [-0.3, -0.25) is 4.79 Å². The van der Waals surface area contributed by atoms with Crippen molar-refractivity contribution in [1.82, 2.24) is 10.2 Å². The molecular weight excluding hydrogens is 372 g/mol. The molecule has 1 unspecified atom stereocenters. The number of nitrogens with zero attached hydrogens (tertiary/aromatic N) is 1. The molecule has 2 heterocycles. The van der Waals surface area contributed by atoms with E-state index in [1.165, 1.54) is 23.3 Å². The van der Waals surface area contributed by atoms with Crippen LogP contribution in [-0.4, -0.2) is 36.7 Å². The van der Waals surface area contributed by atoms with Crippen molar-refractivity contribution in [1.29, 1.82) is 0 Å². The molecule has 5 heteroatoms. The Bertz CT molecular complexity index is 560. The normalized spacial score (nSPS) is 21.7. The van der Waals surface area contributed by atoms with Gasteiger partial charge in [-0.1, -0.05) is 15.9 Å². The second-order valence-corrected chi connectivity index (χ2v) is 8.62. The monoisotopic (exact) mass is 396 g/mol. The third kappa shape index (κ3) is 4.31. The van der Waals surface area contributed by atoms with E-state index in [0.717, 1.165) is 42.1 Å². The van der Waals surface area contributed by atoms with Crippen LogP contribution in [0.4, 0.5) is 0 Å². The van der Waals surface area contributed by atoms with Gasteiger partial charge in [-0.15, -0.1) is 11.8 Å². The lowest BCUT2D eigenvalue weighted by Gasteiger charge is -2.33. The summed E-state index contributed by atoms with van der Waals surface area (Å²) in [5.41, 5.74) is 1.30. The van der Waals surface area contributed by atoms with E-state index in [1.807, 2.05) is 23.7 Å². The maximum absolute atomic E-state index is 12.7. The van der Waals surface area contributed by atoms with E-state index in [1.54, 1.807) is 0 Å². The number of carbonyl (C=O) groups is 1. The first-order chi connectivity index (χ1) is 11.1. The Morgan fingerprint density at radius 3 is 2.91 bits per heavy atom. The molecular formula is C18H25BrN2OS. The van der Waals surface area contributed by atoms with Crippen LogP contribution in [-0.2, 0) is 4.79 Å². The molecule has 1 fully saturated rings. The van der Waals surface area contributed by atoms with Crippen LogP contribution in [0.2, 0.25) is 0 Å². The third-order valence-corrected chi connectivity index (χ3v) is 6.68. The number of benzene rings is 1. The van der Waals surface area contributed by atoms with E-state index in [0.29, 0.717) is 12.3 Å². The number of piperidine rings is 1.